The van der Waals surface area contributed by atoms with Crippen molar-refractivity contribution in [1.82, 2.24) is 10.3 Å². The van der Waals surface area contributed by atoms with Crippen LogP contribution < -0.4 is 5.32 Å². The Balaban J connectivity index is 2.19. The molecule has 1 aromatic carbocycles. The molecule has 0 aliphatic rings. The number of hydrogen-bond donors (Lipinski definition) is 3. The number of carbonyl (C=O) groups is 2. The summed E-state index contributed by atoms with van der Waals surface area (Å²) in [6.07, 6.45) is 1.98. The van der Waals surface area contributed by atoms with Crippen molar-refractivity contribution in [3.05, 3.63) is 35.5 Å². The van der Waals surface area contributed by atoms with Crippen molar-refractivity contribution < 1.29 is 14.7 Å². The van der Waals surface area contributed by atoms with Gasteiger partial charge in [-0.1, -0.05) is 26.0 Å². The first-order valence-electron chi connectivity index (χ1n) is 7.81. The van der Waals surface area contributed by atoms with Crippen molar-refractivity contribution in [2.24, 2.45) is 5.92 Å². The van der Waals surface area contributed by atoms with E-state index in [4.69, 9.17) is 5.11 Å². The van der Waals surface area contributed by atoms with Gasteiger partial charge in [-0.3, -0.25) is 9.59 Å². The molecular formula is C18H24N2O3. The third kappa shape index (κ3) is 3.73. The number of aliphatic carboxylic acids is 1. The number of carbonyl (C=O) groups excluding carboxylic acids is 1. The fraction of sp³-hybridized carbons (Fsp3) is 0.444. The molecule has 1 heterocycles. The average Bonchev–Trinajstić information content (AvgIpc) is 2.81. The summed E-state index contributed by atoms with van der Waals surface area (Å²) in [5, 5.41) is 13.1. The lowest BCUT2D eigenvalue weighted by Gasteiger charge is -2.33. The van der Waals surface area contributed by atoms with Gasteiger partial charge in [0.15, 0.2) is 0 Å². The zero-order valence-corrected chi connectivity index (χ0v) is 14.1. The van der Waals surface area contributed by atoms with E-state index in [1.807, 2.05) is 45.2 Å². The molecule has 5 heteroatoms. The standard InChI is InChI=1S/C18H24N2O3/c1-11(2)18(4,9-16(22)23)20-15(21)8-13-10-19-14-7-5-6-12(3)17(13)14/h5-7,10-11,19H,8-9H2,1-4H3,(H,20,21)(H,22,23). The Hall–Kier alpha value is -2.30. The van der Waals surface area contributed by atoms with Crippen molar-refractivity contribution in [2.45, 2.75) is 46.1 Å². The van der Waals surface area contributed by atoms with Crippen LogP contribution in [0, 0.1) is 12.8 Å². The largest absolute Gasteiger partial charge is 0.481 e. The van der Waals surface area contributed by atoms with E-state index in [0.29, 0.717) is 0 Å². The highest BCUT2D eigenvalue weighted by Crippen LogP contribution is 2.24. The van der Waals surface area contributed by atoms with Crippen LogP contribution in [0.2, 0.25) is 0 Å². The minimum Gasteiger partial charge on any atom is -0.481 e. The Morgan fingerprint density at radius 3 is 2.65 bits per heavy atom. The van der Waals surface area contributed by atoms with Crippen molar-refractivity contribution in [3.8, 4) is 0 Å². The number of aryl methyl sites for hydroxylation is 1. The van der Waals surface area contributed by atoms with Crippen LogP contribution in [0.25, 0.3) is 10.9 Å². The summed E-state index contributed by atoms with van der Waals surface area (Å²) in [5.74, 6) is -1.05. The summed E-state index contributed by atoms with van der Waals surface area (Å²) in [7, 11) is 0. The topological polar surface area (TPSA) is 82.2 Å². The maximum absolute atomic E-state index is 12.4. The van der Waals surface area contributed by atoms with Crippen LogP contribution in [0.4, 0.5) is 0 Å². The summed E-state index contributed by atoms with van der Waals surface area (Å²) < 4.78 is 0. The molecule has 1 aromatic heterocycles. The molecule has 3 N–H and O–H groups in total. The van der Waals surface area contributed by atoms with Gasteiger partial charge < -0.3 is 15.4 Å². The predicted molar refractivity (Wildman–Crippen MR) is 90.4 cm³/mol. The number of aromatic nitrogens is 1. The van der Waals surface area contributed by atoms with E-state index in [2.05, 4.69) is 10.3 Å². The van der Waals surface area contributed by atoms with E-state index in [9.17, 15) is 9.59 Å². The molecule has 124 valence electrons. The number of hydrogen-bond acceptors (Lipinski definition) is 2. The number of aromatic amines is 1. The van der Waals surface area contributed by atoms with E-state index in [-0.39, 0.29) is 24.7 Å². The second kappa shape index (κ2) is 6.44. The van der Waals surface area contributed by atoms with Crippen molar-refractivity contribution >= 4 is 22.8 Å². The first-order valence-corrected chi connectivity index (χ1v) is 7.81. The Morgan fingerprint density at radius 1 is 1.35 bits per heavy atom. The Labute approximate surface area is 136 Å². The second-order valence-electron chi connectivity index (χ2n) is 6.68. The Bertz CT molecular complexity index is 733. The molecule has 2 aromatic rings. The van der Waals surface area contributed by atoms with Gasteiger partial charge in [-0.05, 0) is 37.0 Å². The molecule has 1 amide bonds. The number of nitrogens with one attached hydrogen (secondary N) is 2. The van der Waals surface area contributed by atoms with Crippen LogP contribution in [0.3, 0.4) is 0 Å². The monoisotopic (exact) mass is 316 g/mol. The van der Waals surface area contributed by atoms with E-state index in [1.54, 1.807) is 6.92 Å². The SMILES string of the molecule is Cc1cccc2[nH]cc(CC(=O)NC(C)(CC(=O)O)C(C)C)c12. The molecule has 1 unspecified atom stereocenters. The fourth-order valence-electron chi connectivity index (χ4n) is 2.83. The first-order chi connectivity index (χ1) is 10.7. The molecule has 0 radical (unpaired) electrons. The van der Waals surface area contributed by atoms with Gasteiger partial charge in [0.05, 0.1) is 12.8 Å². The Kier molecular flexibility index (Phi) is 4.78. The second-order valence-corrected chi connectivity index (χ2v) is 6.68. The number of carboxylic acid groups (broad SMARTS) is 1. The molecule has 23 heavy (non-hydrogen) atoms. The summed E-state index contributed by atoms with van der Waals surface area (Å²) in [4.78, 5) is 26.7. The van der Waals surface area contributed by atoms with E-state index < -0.39 is 11.5 Å². The third-order valence-corrected chi connectivity index (χ3v) is 4.56. The number of H-pyrrole nitrogens is 1. The van der Waals surface area contributed by atoms with E-state index in [0.717, 1.165) is 22.0 Å². The molecule has 0 fully saturated rings. The van der Waals surface area contributed by atoms with Crippen molar-refractivity contribution in [2.75, 3.05) is 0 Å². The highest BCUT2D eigenvalue weighted by molar-refractivity contribution is 5.91. The van der Waals surface area contributed by atoms with Gasteiger partial charge in [0.2, 0.25) is 5.91 Å². The predicted octanol–water partition coefficient (Wildman–Crippen LogP) is 3.02. The third-order valence-electron chi connectivity index (χ3n) is 4.56. The van der Waals surface area contributed by atoms with Gasteiger partial charge in [0, 0.05) is 22.6 Å². The van der Waals surface area contributed by atoms with E-state index >= 15 is 0 Å². The maximum atomic E-state index is 12.4. The molecule has 5 nitrogen and oxygen atoms in total. The summed E-state index contributed by atoms with van der Waals surface area (Å²) in [6, 6.07) is 5.97. The lowest BCUT2D eigenvalue weighted by atomic mass is 9.85. The molecular weight excluding hydrogens is 292 g/mol. The van der Waals surface area contributed by atoms with Gasteiger partial charge in [-0.25, -0.2) is 0 Å². The minimum atomic E-state index is -0.913. The van der Waals surface area contributed by atoms with Crippen LogP contribution in [-0.4, -0.2) is 27.5 Å². The lowest BCUT2D eigenvalue weighted by molar-refractivity contribution is -0.139. The lowest BCUT2D eigenvalue weighted by Crippen LogP contribution is -2.51. The molecule has 1 atom stereocenters. The molecule has 0 saturated heterocycles. The molecule has 0 aliphatic carbocycles. The summed E-state index contributed by atoms with van der Waals surface area (Å²) in [6.45, 7) is 7.63. The smallest absolute Gasteiger partial charge is 0.305 e. The zero-order chi connectivity index (χ0) is 17.2. The van der Waals surface area contributed by atoms with Crippen LogP contribution in [0.15, 0.2) is 24.4 Å². The molecule has 0 bridgehead atoms. The van der Waals surface area contributed by atoms with Crippen molar-refractivity contribution in [1.29, 1.82) is 0 Å². The highest BCUT2D eigenvalue weighted by Gasteiger charge is 2.32. The number of benzene rings is 1. The molecule has 2 rings (SSSR count). The molecule has 0 spiro atoms. The number of rotatable bonds is 6. The fourth-order valence-corrected chi connectivity index (χ4v) is 2.83. The van der Waals surface area contributed by atoms with Crippen LogP contribution in [0.5, 0.6) is 0 Å². The summed E-state index contributed by atoms with van der Waals surface area (Å²) >= 11 is 0. The van der Waals surface area contributed by atoms with Gasteiger partial charge in [-0.15, -0.1) is 0 Å². The minimum absolute atomic E-state index is 0.0206. The maximum Gasteiger partial charge on any atom is 0.305 e. The van der Waals surface area contributed by atoms with Crippen LogP contribution >= 0.6 is 0 Å². The normalized spacial score (nSPS) is 14.0. The quantitative estimate of drug-likeness (QED) is 0.766. The highest BCUT2D eigenvalue weighted by atomic mass is 16.4. The van der Waals surface area contributed by atoms with Crippen molar-refractivity contribution in [3.63, 3.8) is 0 Å². The molecule has 0 aliphatic heterocycles. The van der Waals surface area contributed by atoms with Crippen LogP contribution in [-0.2, 0) is 16.0 Å². The first kappa shape index (κ1) is 17.1. The average molecular weight is 316 g/mol. The van der Waals surface area contributed by atoms with Crippen LogP contribution in [0.1, 0.15) is 38.3 Å². The number of carboxylic acids is 1. The van der Waals surface area contributed by atoms with Gasteiger partial charge >= 0.3 is 5.97 Å². The number of fused-ring (bicyclic) bond motifs is 1. The number of amides is 1. The molecule has 0 saturated carbocycles. The van der Waals surface area contributed by atoms with Gasteiger partial charge in [0.1, 0.15) is 0 Å². The van der Waals surface area contributed by atoms with E-state index in [1.165, 1.54) is 0 Å². The Morgan fingerprint density at radius 2 is 2.04 bits per heavy atom. The van der Waals surface area contributed by atoms with Gasteiger partial charge in [-0.2, -0.15) is 0 Å². The summed E-state index contributed by atoms with van der Waals surface area (Å²) in [5.41, 5.74) is 2.29. The zero-order valence-electron chi connectivity index (χ0n) is 14.1. The van der Waals surface area contributed by atoms with Gasteiger partial charge in [0.25, 0.3) is 0 Å².